The number of hydrogen-bond acceptors (Lipinski definition) is 5. The number of nitrogens with zero attached hydrogens (tertiary/aromatic N) is 4. The van der Waals surface area contributed by atoms with Crippen LogP contribution in [0.4, 0.5) is 22.0 Å². The van der Waals surface area contributed by atoms with Gasteiger partial charge in [0.25, 0.3) is 0 Å². The zero-order valence-electron chi connectivity index (χ0n) is 11.5. The van der Waals surface area contributed by atoms with Crippen molar-refractivity contribution in [3.8, 4) is 0 Å². The van der Waals surface area contributed by atoms with Gasteiger partial charge in [-0.2, -0.15) is 13.2 Å². The second-order valence-electron chi connectivity index (χ2n) is 4.48. The van der Waals surface area contributed by atoms with Gasteiger partial charge in [-0.15, -0.1) is 5.10 Å². The molecule has 1 aromatic heterocycles. The van der Waals surface area contributed by atoms with Gasteiger partial charge in [0.2, 0.25) is 5.16 Å². The van der Waals surface area contributed by atoms with E-state index < -0.39 is 35.4 Å². The Hall–Kier alpha value is -2.04. The third kappa shape index (κ3) is 4.47. The number of aromatic nitrogens is 4. The van der Waals surface area contributed by atoms with Crippen LogP contribution < -0.4 is 0 Å². The van der Waals surface area contributed by atoms with Crippen LogP contribution >= 0.6 is 11.8 Å². The van der Waals surface area contributed by atoms with Crippen molar-refractivity contribution in [3.63, 3.8) is 0 Å². The van der Waals surface area contributed by atoms with Crippen LogP contribution in [-0.4, -0.2) is 37.4 Å². The van der Waals surface area contributed by atoms with E-state index in [1.54, 1.807) is 0 Å². The molecule has 0 amide bonds. The molecule has 1 unspecified atom stereocenters. The Balaban J connectivity index is 2.14. The quantitative estimate of drug-likeness (QED) is 0.470. The van der Waals surface area contributed by atoms with Gasteiger partial charge in [0, 0.05) is 6.07 Å². The molecule has 0 aliphatic rings. The summed E-state index contributed by atoms with van der Waals surface area (Å²) in [7, 11) is 0. The lowest BCUT2D eigenvalue weighted by Crippen LogP contribution is -2.21. The van der Waals surface area contributed by atoms with E-state index in [9.17, 15) is 26.7 Å². The van der Waals surface area contributed by atoms with E-state index in [2.05, 4.69) is 15.5 Å². The summed E-state index contributed by atoms with van der Waals surface area (Å²) in [5.41, 5.74) is -0.360. The van der Waals surface area contributed by atoms with E-state index in [0.29, 0.717) is 22.5 Å². The lowest BCUT2D eigenvalue weighted by Gasteiger charge is -2.11. The molecule has 124 valence electrons. The average molecular weight is 352 g/mol. The van der Waals surface area contributed by atoms with E-state index in [-0.39, 0.29) is 10.7 Å². The van der Waals surface area contributed by atoms with Crippen molar-refractivity contribution in [2.45, 2.75) is 30.1 Å². The van der Waals surface area contributed by atoms with Crippen LogP contribution in [0.5, 0.6) is 0 Å². The maximum Gasteiger partial charge on any atom is 0.408 e. The fraction of sp³-hybridized carbons (Fsp3) is 0.333. The minimum Gasteiger partial charge on any atom is -0.293 e. The van der Waals surface area contributed by atoms with Gasteiger partial charge in [0.15, 0.2) is 5.78 Å². The molecule has 0 radical (unpaired) electrons. The molecule has 0 fully saturated rings. The first kappa shape index (κ1) is 17.3. The van der Waals surface area contributed by atoms with E-state index >= 15 is 0 Å². The largest absolute Gasteiger partial charge is 0.408 e. The summed E-state index contributed by atoms with van der Waals surface area (Å²) in [6, 6.07) is 2.45. The minimum atomic E-state index is -4.53. The molecule has 0 saturated carbocycles. The number of thioether (sulfide) groups is 1. The molecule has 0 aliphatic heterocycles. The van der Waals surface area contributed by atoms with Gasteiger partial charge in [0.1, 0.15) is 18.2 Å². The molecule has 2 aromatic rings. The summed E-state index contributed by atoms with van der Waals surface area (Å²) in [6.07, 6.45) is -4.53. The van der Waals surface area contributed by atoms with Crippen molar-refractivity contribution in [1.29, 1.82) is 0 Å². The van der Waals surface area contributed by atoms with Crippen molar-refractivity contribution >= 4 is 17.5 Å². The highest BCUT2D eigenvalue weighted by atomic mass is 32.2. The van der Waals surface area contributed by atoms with E-state index in [0.717, 1.165) is 12.1 Å². The monoisotopic (exact) mass is 352 g/mol. The summed E-state index contributed by atoms with van der Waals surface area (Å²) in [5.74, 6) is -2.60. The number of ketones is 1. The number of carbonyl (C=O) groups excluding carboxylic acids is 1. The van der Waals surface area contributed by atoms with Gasteiger partial charge >= 0.3 is 6.18 Å². The zero-order chi connectivity index (χ0) is 17.2. The first-order chi connectivity index (χ1) is 10.7. The maximum absolute atomic E-state index is 13.6. The van der Waals surface area contributed by atoms with Gasteiger partial charge in [-0.1, -0.05) is 11.8 Å². The predicted octanol–water partition coefficient (Wildman–Crippen LogP) is 2.88. The number of benzene rings is 1. The average Bonchev–Trinajstić information content (AvgIpc) is 2.83. The fourth-order valence-corrected chi connectivity index (χ4v) is 2.53. The van der Waals surface area contributed by atoms with Crippen molar-refractivity contribution in [1.82, 2.24) is 20.2 Å². The van der Waals surface area contributed by atoms with Gasteiger partial charge in [-0.05, 0) is 29.5 Å². The van der Waals surface area contributed by atoms with Crippen molar-refractivity contribution in [3.05, 3.63) is 35.4 Å². The molecule has 0 saturated heterocycles. The van der Waals surface area contributed by atoms with E-state index in [1.165, 1.54) is 6.92 Å². The number of halogens is 5. The molecular weight excluding hydrogens is 343 g/mol. The first-order valence-electron chi connectivity index (χ1n) is 6.16. The molecule has 11 heteroatoms. The molecule has 1 heterocycles. The van der Waals surface area contributed by atoms with Crippen molar-refractivity contribution < 1.29 is 26.7 Å². The lowest BCUT2D eigenvalue weighted by atomic mass is 10.1. The maximum atomic E-state index is 13.6. The van der Waals surface area contributed by atoms with Gasteiger partial charge < -0.3 is 0 Å². The third-order valence-electron chi connectivity index (χ3n) is 2.68. The fourth-order valence-electron chi connectivity index (χ4n) is 1.67. The predicted molar refractivity (Wildman–Crippen MR) is 69.9 cm³/mol. The number of carbonyl (C=O) groups is 1. The first-order valence-corrected chi connectivity index (χ1v) is 7.04. The highest BCUT2D eigenvalue weighted by Gasteiger charge is 2.31. The van der Waals surface area contributed by atoms with Crippen molar-refractivity contribution in [2.75, 3.05) is 0 Å². The highest BCUT2D eigenvalue weighted by Crippen LogP contribution is 2.26. The number of Topliss-reactive ketones (excluding diaryl/α,β-unsaturated/α-hetero) is 1. The molecule has 0 aliphatic carbocycles. The van der Waals surface area contributed by atoms with Gasteiger partial charge in [0.05, 0.1) is 10.8 Å². The SMILES string of the molecule is CC(Sc1nnnn1CC(F)(F)F)C(=O)c1ccc(F)cc1F. The van der Waals surface area contributed by atoms with Gasteiger partial charge in [-0.25, -0.2) is 13.5 Å². The summed E-state index contributed by atoms with van der Waals surface area (Å²) >= 11 is 0.650. The normalized spacial score (nSPS) is 13.1. The molecule has 0 spiro atoms. The minimum absolute atomic E-state index is 0.231. The Kier molecular flexibility index (Phi) is 4.97. The van der Waals surface area contributed by atoms with Crippen LogP contribution in [0.25, 0.3) is 0 Å². The Morgan fingerprint density at radius 1 is 1.35 bits per heavy atom. The summed E-state index contributed by atoms with van der Waals surface area (Å²) in [5, 5.41) is 8.54. The van der Waals surface area contributed by atoms with Crippen LogP contribution in [0.3, 0.4) is 0 Å². The number of hydrogen-bond donors (Lipinski definition) is 0. The molecule has 23 heavy (non-hydrogen) atoms. The summed E-state index contributed by atoms with van der Waals surface area (Å²) < 4.78 is 64.0. The Morgan fingerprint density at radius 3 is 2.65 bits per heavy atom. The molecule has 0 bridgehead atoms. The lowest BCUT2D eigenvalue weighted by molar-refractivity contribution is -0.144. The molecule has 1 atom stereocenters. The van der Waals surface area contributed by atoms with Gasteiger partial charge in [-0.3, -0.25) is 4.79 Å². The highest BCUT2D eigenvalue weighted by molar-refractivity contribution is 8.00. The molecular formula is C12H9F5N4OS. The Bertz CT molecular complexity index is 718. The third-order valence-corrected chi connectivity index (χ3v) is 3.75. The van der Waals surface area contributed by atoms with Crippen molar-refractivity contribution in [2.24, 2.45) is 0 Å². The standard InChI is InChI=1S/C12H9F5N4OS/c1-6(10(22)8-3-2-7(13)4-9(8)14)23-11-18-19-20-21(11)5-12(15,16)17/h2-4,6H,5H2,1H3. The topological polar surface area (TPSA) is 60.7 Å². The van der Waals surface area contributed by atoms with Crippen LogP contribution in [0.1, 0.15) is 17.3 Å². The van der Waals surface area contributed by atoms with E-state index in [4.69, 9.17) is 0 Å². The van der Waals surface area contributed by atoms with Crippen LogP contribution in [0.2, 0.25) is 0 Å². The summed E-state index contributed by atoms with van der Waals surface area (Å²) in [4.78, 5) is 12.1. The molecule has 2 rings (SSSR count). The van der Waals surface area contributed by atoms with Crippen LogP contribution in [0, 0.1) is 11.6 Å². The second kappa shape index (κ2) is 6.60. The Labute approximate surface area is 130 Å². The molecule has 1 aromatic carbocycles. The zero-order valence-corrected chi connectivity index (χ0v) is 12.3. The summed E-state index contributed by atoms with van der Waals surface area (Å²) in [6.45, 7) is -0.0451. The number of alkyl halides is 3. The van der Waals surface area contributed by atoms with Crippen LogP contribution in [-0.2, 0) is 6.54 Å². The molecule has 0 N–H and O–H groups in total. The molecule has 5 nitrogen and oxygen atoms in total. The number of rotatable bonds is 5. The smallest absolute Gasteiger partial charge is 0.293 e. The van der Waals surface area contributed by atoms with E-state index in [1.807, 2.05) is 0 Å². The Morgan fingerprint density at radius 2 is 2.04 bits per heavy atom. The van der Waals surface area contributed by atoms with Crippen LogP contribution in [0.15, 0.2) is 23.4 Å². The second-order valence-corrected chi connectivity index (χ2v) is 5.79. The number of tetrazole rings is 1.